The Morgan fingerprint density at radius 2 is 2.04 bits per heavy atom. The van der Waals surface area contributed by atoms with Crippen LogP contribution in [-0.4, -0.2) is 22.2 Å². The van der Waals surface area contributed by atoms with Crippen molar-refractivity contribution >= 4 is 17.3 Å². The molecule has 9 nitrogen and oxygen atoms in total. The zero-order valence-corrected chi connectivity index (χ0v) is 12.6. The van der Waals surface area contributed by atoms with E-state index in [-0.39, 0.29) is 24.7 Å². The van der Waals surface area contributed by atoms with E-state index in [9.17, 15) is 19.7 Å². The minimum absolute atomic E-state index is 0.119. The van der Waals surface area contributed by atoms with E-state index >= 15 is 0 Å². The lowest BCUT2D eigenvalue weighted by atomic mass is 10.2. The first-order chi connectivity index (χ1) is 11.5. The third-order valence-corrected chi connectivity index (χ3v) is 3.58. The smallest absolute Gasteiger partial charge is 0.288 e. The molecule has 0 saturated carbocycles. The first-order valence-electron chi connectivity index (χ1n) is 7.00. The van der Waals surface area contributed by atoms with Gasteiger partial charge in [-0.3, -0.25) is 24.3 Å². The minimum Gasteiger partial charge on any atom is -0.454 e. The highest BCUT2D eigenvalue weighted by Gasteiger charge is 2.18. The Balaban J connectivity index is 1.79. The highest BCUT2D eigenvalue weighted by Crippen LogP contribution is 2.34. The van der Waals surface area contributed by atoms with Crippen molar-refractivity contribution in [2.24, 2.45) is 0 Å². The summed E-state index contributed by atoms with van der Waals surface area (Å²) in [4.78, 5) is 34.4. The molecule has 0 bridgehead atoms. The molecule has 2 heterocycles. The van der Waals surface area contributed by atoms with Gasteiger partial charge in [-0.1, -0.05) is 0 Å². The van der Waals surface area contributed by atoms with Crippen molar-refractivity contribution < 1.29 is 19.2 Å². The zero-order chi connectivity index (χ0) is 17.3. The maximum Gasteiger partial charge on any atom is 0.288 e. The second-order valence-electron chi connectivity index (χ2n) is 5.10. The topological polar surface area (TPSA) is 113 Å². The van der Waals surface area contributed by atoms with Crippen molar-refractivity contribution in [3.05, 3.63) is 56.5 Å². The van der Waals surface area contributed by atoms with E-state index in [1.807, 2.05) is 0 Å². The molecule has 24 heavy (non-hydrogen) atoms. The molecule has 0 unspecified atom stereocenters. The molecule has 0 saturated heterocycles. The fourth-order valence-electron chi connectivity index (χ4n) is 2.37. The molecule has 1 aromatic carbocycles. The number of nitro groups is 1. The Labute approximate surface area is 135 Å². The number of hydrogen-bond acceptors (Lipinski definition) is 6. The second-order valence-corrected chi connectivity index (χ2v) is 5.10. The maximum atomic E-state index is 12.2. The van der Waals surface area contributed by atoms with Crippen molar-refractivity contribution in [2.75, 3.05) is 12.1 Å². The molecule has 9 heteroatoms. The summed E-state index contributed by atoms with van der Waals surface area (Å²) in [5, 5.41) is 13.6. The minimum atomic E-state index is -0.596. The van der Waals surface area contributed by atoms with Crippen molar-refractivity contribution in [3.63, 3.8) is 0 Å². The average molecular weight is 331 g/mol. The van der Waals surface area contributed by atoms with Gasteiger partial charge < -0.3 is 14.8 Å². The van der Waals surface area contributed by atoms with Crippen LogP contribution in [0.15, 0.2) is 35.1 Å². The molecule has 1 aliphatic rings. The van der Waals surface area contributed by atoms with Crippen LogP contribution in [0.2, 0.25) is 0 Å². The Morgan fingerprint density at radius 3 is 2.79 bits per heavy atom. The monoisotopic (exact) mass is 331 g/mol. The number of rotatable bonds is 4. The molecule has 1 aliphatic heterocycles. The quantitative estimate of drug-likeness (QED) is 0.670. The lowest BCUT2D eigenvalue weighted by molar-refractivity contribution is -0.386. The normalized spacial score (nSPS) is 12.0. The predicted octanol–water partition coefficient (Wildman–Crippen LogP) is 1.43. The lowest BCUT2D eigenvalue weighted by Gasteiger charge is -2.10. The number of nitrogens with zero attached hydrogens (tertiary/aromatic N) is 2. The molecule has 1 aromatic heterocycles. The van der Waals surface area contributed by atoms with Crippen LogP contribution in [0.1, 0.15) is 5.69 Å². The van der Waals surface area contributed by atoms with Gasteiger partial charge >= 0.3 is 0 Å². The van der Waals surface area contributed by atoms with E-state index in [0.717, 1.165) is 16.7 Å². The molecule has 124 valence electrons. The van der Waals surface area contributed by atoms with Gasteiger partial charge in [-0.15, -0.1) is 0 Å². The highest BCUT2D eigenvalue weighted by molar-refractivity contribution is 5.91. The van der Waals surface area contributed by atoms with E-state index in [1.165, 1.54) is 6.92 Å². The van der Waals surface area contributed by atoms with Crippen LogP contribution in [0.3, 0.4) is 0 Å². The molecule has 3 rings (SSSR count). The fourth-order valence-corrected chi connectivity index (χ4v) is 2.37. The molecule has 0 fully saturated rings. The van der Waals surface area contributed by atoms with Gasteiger partial charge in [0.25, 0.3) is 11.2 Å². The molecular weight excluding hydrogens is 318 g/mol. The number of ether oxygens (including phenoxy) is 2. The van der Waals surface area contributed by atoms with Crippen LogP contribution in [0.5, 0.6) is 11.5 Å². The lowest BCUT2D eigenvalue weighted by Crippen LogP contribution is -2.29. The summed E-state index contributed by atoms with van der Waals surface area (Å²) in [5.74, 6) is 0.606. The van der Waals surface area contributed by atoms with Crippen LogP contribution in [0.4, 0.5) is 11.4 Å². The average Bonchev–Trinajstić information content (AvgIpc) is 2.98. The predicted molar refractivity (Wildman–Crippen MR) is 83.3 cm³/mol. The maximum absolute atomic E-state index is 12.2. The SMILES string of the molecule is Cc1c([N+](=O)[O-])ccc(=O)n1CC(=O)Nc1ccc2c(c1)OCO2. The Morgan fingerprint density at radius 1 is 1.29 bits per heavy atom. The van der Waals surface area contributed by atoms with Gasteiger partial charge in [0.1, 0.15) is 6.54 Å². The van der Waals surface area contributed by atoms with E-state index < -0.39 is 16.4 Å². The number of nitrogens with one attached hydrogen (secondary N) is 1. The standard InChI is InChI=1S/C15H13N3O6/c1-9-11(18(21)22)3-5-15(20)17(9)7-14(19)16-10-2-4-12-13(6-10)24-8-23-12/h2-6H,7-8H2,1H3,(H,16,19). The summed E-state index contributed by atoms with van der Waals surface area (Å²) < 4.78 is 11.4. The van der Waals surface area contributed by atoms with E-state index in [2.05, 4.69) is 5.32 Å². The van der Waals surface area contributed by atoms with Crippen molar-refractivity contribution in [2.45, 2.75) is 13.5 Å². The molecule has 0 radical (unpaired) electrons. The molecule has 1 N–H and O–H groups in total. The molecule has 2 aromatic rings. The zero-order valence-electron chi connectivity index (χ0n) is 12.6. The Bertz CT molecular complexity index is 889. The van der Waals surface area contributed by atoms with Crippen molar-refractivity contribution in [3.8, 4) is 11.5 Å². The fraction of sp³-hybridized carbons (Fsp3) is 0.200. The molecular formula is C15H13N3O6. The molecule has 1 amide bonds. The van der Waals surface area contributed by atoms with Gasteiger partial charge in [0, 0.05) is 23.9 Å². The Kier molecular flexibility index (Phi) is 3.90. The van der Waals surface area contributed by atoms with Crippen LogP contribution in [-0.2, 0) is 11.3 Å². The number of fused-ring (bicyclic) bond motifs is 1. The summed E-state index contributed by atoms with van der Waals surface area (Å²) >= 11 is 0. The number of pyridine rings is 1. The second kappa shape index (κ2) is 6.03. The molecule has 0 spiro atoms. The third kappa shape index (κ3) is 2.91. The summed E-state index contributed by atoms with van der Waals surface area (Å²) in [7, 11) is 0. The molecule has 0 atom stereocenters. The third-order valence-electron chi connectivity index (χ3n) is 3.58. The first-order valence-corrected chi connectivity index (χ1v) is 7.00. The van der Waals surface area contributed by atoms with Crippen LogP contribution in [0.25, 0.3) is 0 Å². The van der Waals surface area contributed by atoms with Gasteiger partial charge in [-0.25, -0.2) is 0 Å². The highest BCUT2D eigenvalue weighted by atomic mass is 16.7. The van der Waals surface area contributed by atoms with Gasteiger partial charge in [-0.2, -0.15) is 0 Å². The van der Waals surface area contributed by atoms with Gasteiger partial charge in [0.2, 0.25) is 12.7 Å². The number of aromatic nitrogens is 1. The van der Waals surface area contributed by atoms with Crippen LogP contribution in [0, 0.1) is 17.0 Å². The first kappa shape index (κ1) is 15.5. The van der Waals surface area contributed by atoms with Crippen molar-refractivity contribution in [1.82, 2.24) is 4.57 Å². The number of hydrogen-bond donors (Lipinski definition) is 1. The summed E-state index contributed by atoms with van der Waals surface area (Å²) in [5.41, 5.74) is -0.113. The van der Waals surface area contributed by atoms with E-state index in [1.54, 1.807) is 18.2 Å². The number of anilines is 1. The number of amides is 1. The summed E-state index contributed by atoms with van der Waals surface area (Å²) in [6, 6.07) is 7.09. The van der Waals surface area contributed by atoms with E-state index in [0.29, 0.717) is 17.2 Å². The van der Waals surface area contributed by atoms with Gasteiger partial charge in [0.15, 0.2) is 11.5 Å². The van der Waals surface area contributed by atoms with Gasteiger partial charge in [-0.05, 0) is 19.1 Å². The number of benzene rings is 1. The van der Waals surface area contributed by atoms with Crippen molar-refractivity contribution in [1.29, 1.82) is 0 Å². The molecule has 0 aliphatic carbocycles. The number of carbonyl (C=O) groups is 1. The Hall–Kier alpha value is -3.36. The van der Waals surface area contributed by atoms with E-state index in [4.69, 9.17) is 9.47 Å². The largest absolute Gasteiger partial charge is 0.454 e. The number of carbonyl (C=O) groups excluding carboxylic acids is 1. The van der Waals surface area contributed by atoms with Gasteiger partial charge in [0.05, 0.1) is 10.6 Å². The van der Waals surface area contributed by atoms with Crippen LogP contribution >= 0.6 is 0 Å². The summed E-state index contributed by atoms with van der Waals surface area (Å²) in [6.45, 7) is 1.21. The summed E-state index contributed by atoms with van der Waals surface area (Å²) in [6.07, 6.45) is 0. The van der Waals surface area contributed by atoms with Crippen LogP contribution < -0.4 is 20.3 Å².